The molecule has 0 fully saturated rings. The molecule has 1 rings (SSSR count). The summed E-state index contributed by atoms with van der Waals surface area (Å²) in [5.74, 6) is 0.559. The highest BCUT2D eigenvalue weighted by Crippen LogP contribution is 2.15. The molecule has 1 aromatic rings. The van der Waals surface area contributed by atoms with Crippen LogP contribution in [0.1, 0.15) is 38.8 Å². The lowest BCUT2D eigenvalue weighted by Gasteiger charge is -2.14. The Morgan fingerprint density at radius 1 is 1.27 bits per heavy atom. The number of rotatable bonds is 4. The Balaban J connectivity index is 0.000000921. The quantitative estimate of drug-likeness (QED) is 0.755. The minimum atomic E-state index is 0.559. The molecule has 2 nitrogen and oxygen atoms in total. The van der Waals surface area contributed by atoms with E-state index in [1.54, 1.807) is 0 Å². The van der Waals surface area contributed by atoms with Crippen molar-refractivity contribution in [1.29, 1.82) is 0 Å². The summed E-state index contributed by atoms with van der Waals surface area (Å²) in [6, 6.07) is 6.11. The summed E-state index contributed by atoms with van der Waals surface area (Å²) in [4.78, 5) is 6.55. The molecule has 15 heavy (non-hydrogen) atoms. The highest BCUT2D eigenvalue weighted by Gasteiger charge is 2.05. The topological polar surface area (TPSA) is 16.1 Å². The van der Waals surface area contributed by atoms with Crippen LogP contribution in [0.25, 0.3) is 0 Å². The van der Waals surface area contributed by atoms with E-state index in [9.17, 15) is 0 Å². The molecule has 0 amide bonds. The van der Waals surface area contributed by atoms with Gasteiger partial charge >= 0.3 is 0 Å². The van der Waals surface area contributed by atoms with Crippen LogP contribution in [0.2, 0.25) is 0 Å². The van der Waals surface area contributed by atoms with E-state index in [0.29, 0.717) is 5.92 Å². The minimum Gasteiger partial charge on any atom is -0.309 e. The largest absolute Gasteiger partial charge is 0.309 e. The highest BCUT2D eigenvalue weighted by atomic mass is 15.0. The Morgan fingerprint density at radius 2 is 1.93 bits per heavy atom. The third-order valence-electron chi connectivity index (χ3n) is 2.20. The predicted octanol–water partition coefficient (Wildman–Crippen LogP) is 3.16. The number of nitrogens with zero attached hydrogens (tertiary/aromatic N) is 2. The summed E-state index contributed by atoms with van der Waals surface area (Å²) in [5, 5.41) is 0. The van der Waals surface area contributed by atoms with Gasteiger partial charge < -0.3 is 4.90 Å². The van der Waals surface area contributed by atoms with Crippen LogP contribution in [0.3, 0.4) is 0 Å². The Morgan fingerprint density at radius 3 is 2.40 bits per heavy atom. The molecule has 0 aliphatic heterocycles. The van der Waals surface area contributed by atoms with Gasteiger partial charge in [0.1, 0.15) is 0 Å². The van der Waals surface area contributed by atoms with Gasteiger partial charge in [0.05, 0.1) is 0 Å². The number of pyridine rings is 1. The first-order valence-corrected chi connectivity index (χ1v) is 5.76. The van der Waals surface area contributed by atoms with E-state index in [4.69, 9.17) is 0 Å². The second-order valence-corrected chi connectivity index (χ2v) is 3.75. The van der Waals surface area contributed by atoms with Crippen LogP contribution in [0.15, 0.2) is 24.4 Å². The van der Waals surface area contributed by atoms with Crippen LogP contribution in [0, 0.1) is 0 Å². The Bertz CT molecular complexity index is 232. The summed E-state index contributed by atoms with van der Waals surface area (Å²) < 4.78 is 0. The maximum atomic E-state index is 4.34. The van der Waals surface area contributed by atoms with E-state index in [2.05, 4.69) is 43.0 Å². The predicted molar refractivity (Wildman–Crippen MR) is 67.2 cm³/mol. The van der Waals surface area contributed by atoms with E-state index in [1.807, 2.05) is 26.1 Å². The van der Waals surface area contributed by atoms with Crippen molar-refractivity contribution < 1.29 is 0 Å². The summed E-state index contributed by atoms with van der Waals surface area (Å²) in [6.07, 6.45) is 3.03. The van der Waals surface area contributed by atoms with Gasteiger partial charge in [-0.25, -0.2) is 0 Å². The van der Waals surface area contributed by atoms with Gasteiger partial charge in [-0.1, -0.05) is 26.8 Å². The summed E-state index contributed by atoms with van der Waals surface area (Å²) in [6.45, 7) is 7.35. The average molecular weight is 208 g/mol. The molecule has 1 unspecified atom stereocenters. The molecule has 86 valence electrons. The van der Waals surface area contributed by atoms with Crippen LogP contribution in [0.4, 0.5) is 0 Å². The van der Waals surface area contributed by atoms with Crippen molar-refractivity contribution >= 4 is 0 Å². The fraction of sp³-hybridized carbons (Fsp3) is 0.615. The standard InChI is InChI=1S/C11H18N2.C2H6/c1-10(7-9-13(2)3)11-6-4-5-8-12-11;1-2/h4-6,8,10H,7,9H2,1-3H3;1-2H3. The van der Waals surface area contributed by atoms with Gasteiger partial charge in [-0.2, -0.15) is 0 Å². The molecule has 0 aliphatic rings. The minimum absolute atomic E-state index is 0.559. The van der Waals surface area contributed by atoms with Gasteiger partial charge in [0.15, 0.2) is 0 Å². The third kappa shape index (κ3) is 6.24. The van der Waals surface area contributed by atoms with E-state index in [1.165, 1.54) is 12.1 Å². The van der Waals surface area contributed by atoms with Crippen molar-refractivity contribution in [3.8, 4) is 0 Å². The van der Waals surface area contributed by atoms with Crippen molar-refractivity contribution in [1.82, 2.24) is 9.88 Å². The summed E-state index contributed by atoms with van der Waals surface area (Å²) in [7, 11) is 4.20. The zero-order valence-corrected chi connectivity index (χ0v) is 10.7. The second-order valence-electron chi connectivity index (χ2n) is 3.75. The van der Waals surface area contributed by atoms with Crippen LogP contribution in [-0.4, -0.2) is 30.5 Å². The van der Waals surface area contributed by atoms with Crippen molar-refractivity contribution in [2.24, 2.45) is 0 Å². The van der Waals surface area contributed by atoms with Gasteiger partial charge in [0.25, 0.3) is 0 Å². The molecule has 0 aliphatic carbocycles. The van der Waals surface area contributed by atoms with E-state index in [0.717, 1.165) is 6.54 Å². The highest BCUT2D eigenvalue weighted by molar-refractivity contribution is 5.08. The molecule has 0 saturated carbocycles. The molecule has 1 aromatic heterocycles. The molecule has 0 N–H and O–H groups in total. The fourth-order valence-electron chi connectivity index (χ4n) is 1.27. The first-order valence-electron chi connectivity index (χ1n) is 5.76. The molecule has 0 bridgehead atoms. The van der Waals surface area contributed by atoms with Crippen molar-refractivity contribution in [3.05, 3.63) is 30.1 Å². The smallest absolute Gasteiger partial charge is 0.0432 e. The van der Waals surface area contributed by atoms with Crippen molar-refractivity contribution in [2.45, 2.75) is 33.1 Å². The van der Waals surface area contributed by atoms with Crippen LogP contribution in [-0.2, 0) is 0 Å². The SMILES string of the molecule is CC.CC(CCN(C)C)c1ccccn1. The van der Waals surface area contributed by atoms with Gasteiger partial charge in [-0.15, -0.1) is 0 Å². The normalized spacial score (nSPS) is 11.9. The Labute approximate surface area is 94.3 Å². The van der Waals surface area contributed by atoms with Gasteiger partial charge in [-0.3, -0.25) is 4.98 Å². The summed E-state index contributed by atoms with van der Waals surface area (Å²) in [5.41, 5.74) is 1.20. The van der Waals surface area contributed by atoms with Crippen LogP contribution in [0.5, 0.6) is 0 Å². The van der Waals surface area contributed by atoms with Crippen LogP contribution >= 0.6 is 0 Å². The average Bonchev–Trinajstić information content (AvgIpc) is 2.30. The van der Waals surface area contributed by atoms with Crippen molar-refractivity contribution in [2.75, 3.05) is 20.6 Å². The maximum absolute atomic E-state index is 4.34. The first kappa shape index (κ1) is 14.1. The molecular weight excluding hydrogens is 184 g/mol. The second kappa shape index (κ2) is 8.42. The van der Waals surface area contributed by atoms with Crippen LogP contribution < -0.4 is 0 Å². The molecule has 1 heterocycles. The monoisotopic (exact) mass is 208 g/mol. The van der Waals surface area contributed by atoms with Gasteiger partial charge in [0, 0.05) is 11.9 Å². The van der Waals surface area contributed by atoms with E-state index in [-0.39, 0.29) is 0 Å². The zero-order chi connectivity index (χ0) is 11.7. The lowest BCUT2D eigenvalue weighted by atomic mass is 10.0. The Kier molecular flexibility index (Phi) is 7.92. The van der Waals surface area contributed by atoms with Gasteiger partial charge in [-0.05, 0) is 45.1 Å². The number of aromatic nitrogens is 1. The Hall–Kier alpha value is -0.890. The number of hydrogen-bond acceptors (Lipinski definition) is 2. The van der Waals surface area contributed by atoms with E-state index < -0.39 is 0 Å². The van der Waals surface area contributed by atoms with Gasteiger partial charge in [0.2, 0.25) is 0 Å². The molecule has 2 heteroatoms. The first-order chi connectivity index (χ1) is 7.20. The lowest BCUT2D eigenvalue weighted by Crippen LogP contribution is -2.15. The summed E-state index contributed by atoms with van der Waals surface area (Å²) >= 11 is 0. The maximum Gasteiger partial charge on any atom is 0.0432 e. The lowest BCUT2D eigenvalue weighted by molar-refractivity contribution is 0.384. The van der Waals surface area contributed by atoms with Crippen molar-refractivity contribution in [3.63, 3.8) is 0 Å². The molecule has 1 atom stereocenters. The molecular formula is C13H24N2. The molecule has 0 radical (unpaired) electrons. The van der Waals surface area contributed by atoms with E-state index >= 15 is 0 Å². The zero-order valence-electron chi connectivity index (χ0n) is 10.7. The number of hydrogen-bond donors (Lipinski definition) is 0. The molecule has 0 aromatic carbocycles. The molecule has 0 saturated heterocycles. The fourth-order valence-corrected chi connectivity index (χ4v) is 1.27. The third-order valence-corrected chi connectivity index (χ3v) is 2.20. The molecule has 0 spiro atoms.